The number of benzene rings is 3. The first kappa shape index (κ1) is 38.3. The predicted molar refractivity (Wildman–Crippen MR) is 180 cm³/mol. The number of hydrogen-bond acceptors (Lipinski definition) is 0. The number of nitrogens with zero attached hydrogens (tertiary/aromatic N) is 3. The summed E-state index contributed by atoms with van der Waals surface area (Å²) in [5.41, 5.74) is 8.04. The second-order valence-electron chi connectivity index (χ2n) is 9.87. The van der Waals surface area contributed by atoms with Crippen LogP contribution in [-0.4, -0.2) is 42.3 Å². The van der Waals surface area contributed by atoms with Crippen LogP contribution < -0.4 is 0 Å². The van der Waals surface area contributed by atoms with Gasteiger partial charge in [-0.3, -0.25) is 0 Å². The monoisotopic (exact) mass is 583 g/mol. The number of fused-ring (bicyclic) bond motifs is 3. The third kappa shape index (κ3) is 15.8. The molecule has 0 bridgehead atoms. The Balaban J connectivity index is 0.000000608. The van der Waals surface area contributed by atoms with Gasteiger partial charge in [-0.1, -0.05) is 115 Å². The second-order valence-corrected chi connectivity index (χ2v) is 9.87. The average molecular weight is 584 g/mol. The van der Waals surface area contributed by atoms with Crippen LogP contribution in [-0.2, 0) is 21.7 Å². The minimum absolute atomic E-state index is 0. The molecule has 3 aromatic rings. The third-order valence-electron chi connectivity index (χ3n) is 6.06. The Hall–Kier alpha value is -2.66. The minimum Gasteiger partial charge on any atom is -0.668 e. The summed E-state index contributed by atoms with van der Waals surface area (Å²) >= 11 is 0. The van der Waals surface area contributed by atoms with Gasteiger partial charge in [0.05, 0.1) is 0 Å². The molecule has 0 radical (unpaired) electrons. The Morgan fingerprint density at radius 3 is 1.56 bits per heavy atom. The largest absolute Gasteiger partial charge is 4.00 e. The van der Waals surface area contributed by atoms with E-state index in [2.05, 4.69) is 145 Å². The zero-order chi connectivity index (χ0) is 29.6. The fraction of sp³-hybridized carbons (Fsp3) is 0.324. The molecular weight excluding hydrogens is 534 g/mol. The molecule has 216 valence electrons. The Labute approximate surface area is 266 Å². The molecule has 41 heavy (non-hydrogen) atoms. The fourth-order valence-electron chi connectivity index (χ4n) is 4.26. The van der Waals surface area contributed by atoms with Crippen molar-refractivity contribution in [3.63, 3.8) is 0 Å². The van der Waals surface area contributed by atoms with Crippen LogP contribution >= 0.6 is 0 Å². The molecule has 0 fully saturated rings. The molecular formula is C37H49N3Ti. The molecule has 0 aliphatic heterocycles. The summed E-state index contributed by atoms with van der Waals surface area (Å²) in [4.78, 5) is 0. The topological polar surface area (TPSA) is 42.3 Å². The zero-order valence-corrected chi connectivity index (χ0v) is 27.9. The Bertz CT molecular complexity index is 1070. The molecule has 2 unspecified atom stereocenters. The van der Waals surface area contributed by atoms with Crippen LogP contribution in [0.4, 0.5) is 0 Å². The normalized spacial score (nSPS) is 15.6. The van der Waals surface area contributed by atoms with E-state index < -0.39 is 0 Å². The van der Waals surface area contributed by atoms with E-state index in [4.69, 9.17) is 0 Å². The minimum atomic E-state index is 0. The van der Waals surface area contributed by atoms with Gasteiger partial charge in [0, 0.05) is 0 Å². The van der Waals surface area contributed by atoms with E-state index >= 15 is 0 Å². The molecule has 0 N–H and O–H groups in total. The Morgan fingerprint density at radius 2 is 1.10 bits per heavy atom. The summed E-state index contributed by atoms with van der Waals surface area (Å²) < 4.78 is 0. The first-order valence-electron chi connectivity index (χ1n) is 14.0. The van der Waals surface area contributed by atoms with Gasteiger partial charge in [-0.25, -0.2) is 0 Å². The van der Waals surface area contributed by atoms with E-state index in [-0.39, 0.29) is 21.7 Å². The van der Waals surface area contributed by atoms with Crippen LogP contribution in [0.1, 0.15) is 52.1 Å². The van der Waals surface area contributed by atoms with Crippen LogP contribution in [0.3, 0.4) is 0 Å². The van der Waals surface area contributed by atoms with Crippen LogP contribution in [0.2, 0.25) is 0 Å². The number of hydrogen-bond donors (Lipinski definition) is 0. The van der Waals surface area contributed by atoms with Crippen molar-refractivity contribution >= 4 is 12.2 Å². The van der Waals surface area contributed by atoms with Crippen LogP contribution in [0.5, 0.6) is 0 Å². The molecule has 0 saturated carbocycles. The van der Waals surface area contributed by atoms with Gasteiger partial charge in [0.2, 0.25) is 0 Å². The van der Waals surface area contributed by atoms with Gasteiger partial charge in [0.1, 0.15) is 0 Å². The first-order valence-corrected chi connectivity index (χ1v) is 14.0. The maximum atomic E-state index is 3.50. The van der Waals surface area contributed by atoms with E-state index in [9.17, 15) is 0 Å². The molecule has 2 aliphatic carbocycles. The van der Waals surface area contributed by atoms with Crippen LogP contribution in [0.15, 0.2) is 97.1 Å². The smallest absolute Gasteiger partial charge is 0.668 e. The number of aryl methyl sites for hydroxylation is 2. The van der Waals surface area contributed by atoms with Crippen molar-refractivity contribution in [1.82, 2.24) is 0 Å². The van der Waals surface area contributed by atoms with Gasteiger partial charge < -0.3 is 16.0 Å². The Morgan fingerprint density at radius 1 is 0.659 bits per heavy atom. The van der Waals surface area contributed by atoms with Gasteiger partial charge in [-0.15, -0.1) is 17.7 Å². The van der Waals surface area contributed by atoms with E-state index in [1.807, 2.05) is 0 Å². The predicted octanol–water partition coefficient (Wildman–Crippen LogP) is 10.2. The van der Waals surface area contributed by atoms with Gasteiger partial charge in [0.25, 0.3) is 0 Å². The van der Waals surface area contributed by atoms with E-state index in [0.29, 0.717) is 5.92 Å². The fourth-order valence-corrected chi connectivity index (χ4v) is 4.26. The molecule has 2 aliphatic rings. The van der Waals surface area contributed by atoms with Gasteiger partial charge >= 0.3 is 21.7 Å². The Kier molecular flexibility index (Phi) is 22.4. The molecule has 4 heteroatoms. The van der Waals surface area contributed by atoms with E-state index in [0.717, 1.165) is 5.92 Å². The maximum Gasteiger partial charge on any atom is 4.00 e. The number of allylic oxidation sites excluding steroid dienone is 4. The molecule has 3 nitrogen and oxygen atoms in total. The summed E-state index contributed by atoms with van der Waals surface area (Å²) in [5.74, 6) is 1.47. The molecule has 2 atom stereocenters. The summed E-state index contributed by atoms with van der Waals surface area (Å²) in [6, 6.07) is 25.8. The van der Waals surface area contributed by atoms with Crippen LogP contribution in [0, 0.1) is 26.2 Å². The van der Waals surface area contributed by atoms with Crippen LogP contribution in [0.25, 0.3) is 28.1 Å². The molecule has 0 spiro atoms. The number of rotatable bonds is 3. The van der Waals surface area contributed by atoms with Gasteiger partial charge in [-0.05, 0) is 37.3 Å². The van der Waals surface area contributed by atoms with Gasteiger partial charge in [0.15, 0.2) is 0 Å². The van der Waals surface area contributed by atoms with Crippen molar-refractivity contribution < 1.29 is 21.7 Å². The summed E-state index contributed by atoms with van der Waals surface area (Å²) in [5, 5.41) is 10.5. The van der Waals surface area contributed by atoms with Crippen molar-refractivity contribution in [2.24, 2.45) is 5.92 Å². The second kappa shape index (κ2) is 24.0. The van der Waals surface area contributed by atoms with Crippen molar-refractivity contribution in [3.05, 3.63) is 153 Å². The molecule has 0 aromatic heterocycles. The van der Waals surface area contributed by atoms with Crippen molar-refractivity contribution in [3.8, 4) is 0 Å². The SMILES string of the molecule is C1=CC2c3ccccc3[CH-]C2CC1.C[N-]C.C[N-]C.C[N-]C.Cc1ccc(C=CC=Cc2ccc(C)cc2)cc1.[Ti+4]. The zero-order valence-electron chi connectivity index (χ0n) is 26.4. The van der Waals surface area contributed by atoms with Crippen molar-refractivity contribution in [1.29, 1.82) is 0 Å². The molecule has 5 rings (SSSR count). The first-order chi connectivity index (χ1) is 19.4. The summed E-state index contributed by atoms with van der Waals surface area (Å²) in [6.45, 7) is 4.20. The average Bonchev–Trinajstić information content (AvgIpc) is 3.34. The molecule has 0 heterocycles. The van der Waals surface area contributed by atoms with Gasteiger partial charge in [-0.2, -0.15) is 60.3 Å². The van der Waals surface area contributed by atoms with E-state index in [1.165, 1.54) is 46.2 Å². The third-order valence-corrected chi connectivity index (χ3v) is 6.06. The summed E-state index contributed by atoms with van der Waals surface area (Å²) in [6.07, 6.45) is 18.1. The molecule has 0 amide bonds. The van der Waals surface area contributed by atoms with Crippen molar-refractivity contribution in [2.45, 2.75) is 32.6 Å². The summed E-state index contributed by atoms with van der Waals surface area (Å²) in [7, 11) is 10.5. The van der Waals surface area contributed by atoms with E-state index in [1.54, 1.807) is 42.3 Å². The quantitative estimate of drug-likeness (QED) is 0.127. The standard InChI is InChI=1S/C18H18.C13H13.3C2H6N.Ti/c1-15-7-11-17(12-8-15)5-3-4-6-18-13-9-16(2)10-14-18;1-3-7-12-10(5-1)9-11-6-2-4-8-13(11)12;3*1-3-2;/h3-14H,1-2H3;1,3-5,7-9,11,13H,2,6H2;3*1-2H3;/q;4*-1;+4. The molecule has 3 aromatic carbocycles. The van der Waals surface area contributed by atoms with Crippen molar-refractivity contribution in [2.75, 3.05) is 42.3 Å². The molecule has 0 saturated heterocycles. The maximum absolute atomic E-state index is 3.50.